The minimum Gasteiger partial charge on any atom is -0.505 e. The van der Waals surface area contributed by atoms with Crippen molar-refractivity contribution < 1.29 is 29.2 Å². The van der Waals surface area contributed by atoms with Crippen molar-refractivity contribution in [2.75, 3.05) is 39.3 Å². The lowest BCUT2D eigenvalue weighted by atomic mass is 10.1. The minimum absolute atomic E-state index is 0.103. The number of aromatic hydroxyl groups is 1. The van der Waals surface area contributed by atoms with Gasteiger partial charge in [-0.1, -0.05) is 0 Å². The smallest absolute Gasteiger partial charge is 0.332 e. The molecule has 1 aromatic heterocycles. The number of carboxylic acids is 1. The predicted octanol–water partition coefficient (Wildman–Crippen LogP) is 1.17. The summed E-state index contributed by atoms with van der Waals surface area (Å²) in [6.45, 7) is 3.25. The van der Waals surface area contributed by atoms with Crippen LogP contribution in [0, 0.1) is 0 Å². The van der Waals surface area contributed by atoms with Crippen LogP contribution >= 0.6 is 11.8 Å². The highest BCUT2D eigenvalue weighted by molar-refractivity contribution is 8.14. The first-order valence-corrected chi connectivity index (χ1v) is 8.30. The Morgan fingerprint density at radius 2 is 2.12 bits per heavy atom. The third kappa shape index (κ3) is 4.59. The quantitative estimate of drug-likeness (QED) is 0.634. The maximum atomic E-state index is 11.2. The van der Waals surface area contributed by atoms with Crippen molar-refractivity contribution in [3.8, 4) is 11.5 Å². The van der Waals surface area contributed by atoms with Gasteiger partial charge < -0.3 is 24.4 Å². The Bertz CT molecular complexity index is 624. The van der Waals surface area contributed by atoms with E-state index in [1.165, 1.54) is 30.9 Å². The van der Waals surface area contributed by atoms with E-state index in [9.17, 15) is 15.0 Å². The molecule has 1 aliphatic rings. The lowest BCUT2D eigenvalue weighted by Gasteiger charge is -2.11. The van der Waals surface area contributed by atoms with Crippen LogP contribution in [0.3, 0.4) is 0 Å². The minimum atomic E-state index is -1.19. The molecule has 0 amide bonds. The third-order valence-electron chi connectivity index (χ3n) is 3.27. The van der Waals surface area contributed by atoms with Gasteiger partial charge in [0.25, 0.3) is 0 Å². The van der Waals surface area contributed by atoms with Crippen molar-refractivity contribution in [1.29, 1.82) is 0 Å². The Morgan fingerprint density at radius 1 is 1.38 bits per heavy atom. The fourth-order valence-corrected chi connectivity index (χ4v) is 3.04. The second-order valence-electron chi connectivity index (χ2n) is 5.28. The van der Waals surface area contributed by atoms with E-state index in [1.807, 2.05) is 0 Å². The first-order chi connectivity index (χ1) is 11.5. The Balaban J connectivity index is 1.94. The van der Waals surface area contributed by atoms with Crippen LogP contribution in [0.25, 0.3) is 0 Å². The molecule has 1 atom stereocenters. The number of aliphatic imine (C=N–C) groups is 1. The van der Waals surface area contributed by atoms with Gasteiger partial charge >= 0.3 is 5.97 Å². The molecular formula is C15H20N2O6S. The fourth-order valence-electron chi connectivity index (χ4n) is 1.87. The number of carbonyl (C=O) groups is 1. The highest BCUT2D eigenvalue weighted by atomic mass is 32.2. The van der Waals surface area contributed by atoms with Gasteiger partial charge in [0, 0.05) is 18.9 Å². The Morgan fingerprint density at radius 3 is 2.75 bits per heavy atom. The van der Waals surface area contributed by atoms with Crippen LogP contribution in [-0.4, -0.2) is 71.0 Å². The molecule has 0 aliphatic carbocycles. The SMILES string of the molecule is COCCOCCOc1cnc(C2=NC(C)(C(=O)O)CS2)c(O)c1. The number of ether oxygens (including phenoxy) is 3. The second kappa shape index (κ2) is 8.32. The number of thioether (sulfide) groups is 1. The van der Waals surface area contributed by atoms with E-state index in [0.717, 1.165) is 0 Å². The van der Waals surface area contributed by atoms with Gasteiger partial charge in [-0.05, 0) is 6.92 Å². The van der Waals surface area contributed by atoms with Crippen LogP contribution in [0.5, 0.6) is 11.5 Å². The number of hydrogen-bond donors (Lipinski definition) is 2. The molecule has 132 valence electrons. The third-order valence-corrected chi connectivity index (χ3v) is 4.54. The average Bonchev–Trinajstić information content (AvgIpc) is 2.94. The molecule has 0 radical (unpaired) electrons. The number of nitrogens with zero attached hydrogens (tertiary/aromatic N) is 2. The lowest BCUT2D eigenvalue weighted by Crippen LogP contribution is -2.33. The van der Waals surface area contributed by atoms with Gasteiger partial charge in [-0.25, -0.2) is 9.78 Å². The number of aliphatic carboxylic acids is 1. The molecule has 2 N–H and O–H groups in total. The number of aromatic nitrogens is 1. The molecule has 0 saturated heterocycles. The molecule has 0 spiro atoms. The maximum absolute atomic E-state index is 11.2. The van der Waals surface area contributed by atoms with Gasteiger partial charge in [-0.3, -0.25) is 4.99 Å². The van der Waals surface area contributed by atoms with Crippen molar-refractivity contribution in [2.24, 2.45) is 4.99 Å². The lowest BCUT2D eigenvalue weighted by molar-refractivity contribution is -0.141. The average molecular weight is 356 g/mol. The summed E-state index contributed by atoms with van der Waals surface area (Å²) in [6, 6.07) is 1.43. The van der Waals surface area contributed by atoms with Crippen LogP contribution in [0.1, 0.15) is 12.6 Å². The van der Waals surface area contributed by atoms with Crippen molar-refractivity contribution >= 4 is 22.8 Å². The first kappa shape index (κ1) is 18.5. The molecule has 0 fully saturated rings. The number of pyridine rings is 1. The van der Waals surface area contributed by atoms with Crippen LogP contribution in [0.2, 0.25) is 0 Å². The van der Waals surface area contributed by atoms with Crippen LogP contribution in [-0.2, 0) is 14.3 Å². The van der Waals surface area contributed by atoms with E-state index in [2.05, 4.69) is 9.98 Å². The summed E-state index contributed by atoms with van der Waals surface area (Å²) in [5.41, 5.74) is -0.934. The molecule has 8 nitrogen and oxygen atoms in total. The summed E-state index contributed by atoms with van der Waals surface area (Å²) in [4.78, 5) is 19.5. The highest BCUT2D eigenvalue weighted by Crippen LogP contribution is 2.34. The van der Waals surface area contributed by atoms with Crippen molar-refractivity contribution in [1.82, 2.24) is 4.98 Å². The summed E-state index contributed by atoms with van der Waals surface area (Å²) in [7, 11) is 1.60. The van der Waals surface area contributed by atoms with Crippen molar-refractivity contribution in [2.45, 2.75) is 12.5 Å². The van der Waals surface area contributed by atoms with Gasteiger partial charge in [-0.15, -0.1) is 11.8 Å². The molecule has 9 heteroatoms. The maximum Gasteiger partial charge on any atom is 0.332 e. The van der Waals surface area contributed by atoms with Gasteiger partial charge in [-0.2, -0.15) is 0 Å². The Hall–Kier alpha value is -1.84. The first-order valence-electron chi connectivity index (χ1n) is 7.31. The normalized spacial score (nSPS) is 20.0. The highest BCUT2D eigenvalue weighted by Gasteiger charge is 2.39. The molecule has 1 unspecified atom stereocenters. The molecule has 2 rings (SSSR count). The molecule has 0 aromatic carbocycles. The standard InChI is InChI=1S/C15H20N2O6S/c1-15(14(19)20)9-24-13(17-15)12-11(18)7-10(8-16-12)23-6-5-22-4-3-21-2/h7-8,18H,3-6,9H2,1-2H3,(H,19,20). The topological polar surface area (TPSA) is 110 Å². The summed E-state index contributed by atoms with van der Waals surface area (Å²) in [5, 5.41) is 19.7. The zero-order valence-corrected chi connectivity index (χ0v) is 14.3. The molecular weight excluding hydrogens is 336 g/mol. The summed E-state index contributed by atoms with van der Waals surface area (Å²) in [5.74, 6) is -0.404. The summed E-state index contributed by atoms with van der Waals surface area (Å²) < 4.78 is 15.6. The zero-order chi connectivity index (χ0) is 17.6. The number of hydrogen-bond acceptors (Lipinski definition) is 8. The molecule has 0 bridgehead atoms. The van der Waals surface area contributed by atoms with Crippen molar-refractivity contribution in [3.05, 3.63) is 18.0 Å². The molecule has 2 heterocycles. The molecule has 1 aromatic rings. The monoisotopic (exact) mass is 356 g/mol. The van der Waals surface area contributed by atoms with E-state index in [1.54, 1.807) is 7.11 Å². The zero-order valence-electron chi connectivity index (χ0n) is 13.5. The van der Waals surface area contributed by atoms with Gasteiger partial charge in [0.2, 0.25) is 0 Å². The van der Waals surface area contributed by atoms with Gasteiger partial charge in [0.15, 0.2) is 5.54 Å². The number of rotatable bonds is 9. The predicted molar refractivity (Wildman–Crippen MR) is 89.1 cm³/mol. The van der Waals surface area contributed by atoms with E-state index in [4.69, 9.17) is 14.2 Å². The van der Waals surface area contributed by atoms with E-state index in [-0.39, 0.29) is 11.4 Å². The molecule has 24 heavy (non-hydrogen) atoms. The van der Waals surface area contributed by atoms with Gasteiger partial charge in [0.1, 0.15) is 28.8 Å². The summed E-state index contributed by atoms with van der Waals surface area (Å²) in [6.07, 6.45) is 1.46. The van der Waals surface area contributed by atoms with E-state index in [0.29, 0.717) is 43.0 Å². The van der Waals surface area contributed by atoms with E-state index >= 15 is 0 Å². The van der Waals surface area contributed by atoms with Crippen LogP contribution in [0.15, 0.2) is 17.3 Å². The number of carboxylic acid groups (broad SMARTS) is 1. The van der Waals surface area contributed by atoms with Crippen LogP contribution < -0.4 is 4.74 Å². The second-order valence-corrected chi connectivity index (χ2v) is 6.24. The van der Waals surface area contributed by atoms with Crippen LogP contribution in [0.4, 0.5) is 0 Å². The number of methoxy groups -OCH3 is 1. The molecule has 1 aliphatic heterocycles. The summed E-state index contributed by atoms with van der Waals surface area (Å²) >= 11 is 1.25. The fraction of sp³-hybridized carbons (Fsp3) is 0.533. The van der Waals surface area contributed by atoms with E-state index < -0.39 is 11.5 Å². The van der Waals surface area contributed by atoms with Crippen molar-refractivity contribution in [3.63, 3.8) is 0 Å². The Labute approximate surface area is 143 Å². The Kier molecular flexibility index (Phi) is 6.41. The largest absolute Gasteiger partial charge is 0.505 e. The molecule has 0 saturated carbocycles. The van der Waals surface area contributed by atoms with Gasteiger partial charge in [0.05, 0.1) is 26.0 Å².